The van der Waals surface area contributed by atoms with Crippen molar-refractivity contribution in [1.82, 2.24) is 4.90 Å². The molecule has 16 heavy (non-hydrogen) atoms. The van der Waals surface area contributed by atoms with Gasteiger partial charge in [0.05, 0.1) is 19.1 Å². The van der Waals surface area contributed by atoms with Crippen LogP contribution < -0.4 is 5.73 Å². The van der Waals surface area contributed by atoms with E-state index >= 15 is 0 Å². The highest BCUT2D eigenvalue weighted by Gasteiger charge is 2.53. The van der Waals surface area contributed by atoms with Crippen LogP contribution in [0.15, 0.2) is 0 Å². The second-order valence-electron chi connectivity index (χ2n) is 5.32. The van der Waals surface area contributed by atoms with Crippen LogP contribution in [0.5, 0.6) is 0 Å². The zero-order chi connectivity index (χ0) is 11.8. The van der Waals surface area contributed by atoms with Crippen molar-refractivity contribution in [3.8, 4) is 0 Å². The van der Waals surface area contributed by atoms with E-state index in [9.17, 15) is 9.90 Å². The van der Waals surface area contributed by atoms with Crippen molar-refractivity contribution in [2.24, 2.45) is 11.7 Å². The molecule has 1 saturated carbocycles. The normalized spacial score (nSPS) is 25.1. The van der Waals surface area contributed by atoms with Gasteiger partial charge in [-0.15, -0.1) is 0 Å². The number of hydrogen-bond acceptors (Lipinski definition) is 3. The molecule has 2 fully saturated rings. The molecule has 1 aliphatic heterocycles. The molecule has 92 valence electrons. The van der Waals surface area contributed by atoms with Gasteiger partial charge in [0.15, 0.2) is 0 Å². The Hall–Kier alpha value is -0.610. The first-order valence-electron chi connectivity index (χ1n) is 6.33. The minimum absolute atomic E-state index is 0.0128. The van der Waals surface area contributed by atoms with Crippen LogP contribution >= 0.6 is 0 Å². The Morgan fingerprint density at radius 2 is 2.19 bits per heavy atom. The Bertz CT molecular complexity index is 270. The van der Waals surface area contributed by atoms with E-state index in [0.717, 1.165) is 32.1 Å². The molecule has 4 heteroatoms. The van der Waals surface area contributed by atoms with Crippen molar-refractivity contribution >= 4 is 5.91 Å². The van der Waals surface area contributed by atoms with Gasteiger partial charge in [-0.05, 0) is 25.2 Å². The molecule has 1 aliphatic carbocycles. The van der Waals surface area contributed by atoms with Gasteiger partial charge in [0.1, 0.15) is 5.60 Å². The van der Waals surface area contributed by atoms with E-state index in [2.05, 4.69) is 6.92 Å². The molecule has 0 bridgehead atoms. The number of β-amino-alcohol motifs (C(OH)–C–C–N with tert-alkyl or cyclic N) is 1. The van der Waals surface area contributed by atoms with Crippen molar-refractivity contribution in [2.45, 2.75) is 50.7 Å². The highest BCUT2D eigenvalue weighted by molar-refractivity contribution is 5.82. The van der Waals surface area contributed by atoms with Gasteiger partial charge in [0.25, 0.3) is 0 Å². The largest absolute Gasteiger partial charge is 0.386 e. The summed E-state index contributed by atoms with van der Waals surface area (Å²) in [5, 5.41) is 10.1. The van der Waals surface area contributed by atoms with E-state index in [1.54, 1.807) is 4.90 Å². The number of rotatable bonds is 5. The van der Waals surface area contributed by atoms with Crippen molar-refractivity contribution in [3.05, 3.63) is 0 Å². The SMILES string of the molecule is CCCC[C@H](N)C(=O)N1CC(O)(C2CC2)C1. The minimum Gasteiger partial charge on any atom is -0.386 e. The fraction of sp³-hybridized carbons (Fsp3) is 0.917. The number of likely N-dealkylation sites (tertiary alicyclic amines) is 1. The molecular weight excluding hydrogens is 204 g/mol. The summed E-state index contributed by atoms with van der Waals surface area (Å²) in [6.07, 6.45) is 5.04. The van der Waals surface area contributed by atoms with Crippen LogP contribution in [0.1, 0.15) is 39.0 Å². The third kappa shape index (κ3) is 2.23. The maximum atomic E-state index is 11.9. The highest BCUT2D eigenvalue weighted by Crippen LogP contribution is 2.44. The van der Waals surface area contributed by atoms with Gasteiger partial charge in [-0.1, -0.05) is 19.8 Å². The molecule has 1 atom stereocenters. The Labute approximate surface area is 96.8 Å². The Morgan fingerprint density at radius 3 is 2.69 bits per heavy atom. The summed E-state index contributed by atoms with van der Waals surface area (Å²) in [5.74, 6) is 0.446. The zero-order valence-electron chi connectivity index (χ0n) is 9.98. The third-order valence-electron chi connectivity index (χ3n) is 3.76. The van der Waals surface area contributed by atoms with Crippen LogP contribution in [-0.2, 0) is 4.79 Å². The number of nitrogens with zero attached hydrogens (tertiary/aromatic N) is 1. The fourth-order valence-electron chi connectivity index (χ4n) is 2.43. The number of carbonyl (C=O) groups is 1. The van der Waals surface area contributed by atoms with Crippen LogP contribution in [0, 0.1) is 5.92 Å². The molecule has 2 rings (SSSR count). The Kier molecular flexibility index (Phi) is 3.22. The summed E-state index contributed by atoms with van der Waals surface area (Å²) in [6.45, 7) is 3.08. The van der Waals surface area contributed by atoms with E-state index in [-0.39, 0.29) is 11.9 Å². The number of amides is 1. The molecular formula is C12H22N2O2. The number of nitrogens with two attached hydrogens (primary N) is 1. The number of unbranched alkanes of at least 4 members (excludes halogenated alkanes) is 1. The molecule has 3 N–H and O–H groups in total. The molecule has 0 aromatic rings. The first-order chi connectivity index (χ1) is 7.57. The summed E-state index contributed by atoms with van der Waals surface area (Å²) < 4.78 is 0. The lowest BCUT2D eigenvalue weighted by Crippen LogP contribution is -2.66. The third-order valence-corrected chi connectivity index (χ3v) is 3.76. The van der Waals surface area contributed by atoms with Gasteiger partial charge in [-0.3, -0.25) is 4.79 Å². The van der Waals surface area contributed by atoms with Crippen molar-refractivity contribution < 1.29 is 9.90 Å². The molecule has 0 spiro atoms. The van der Waals surface area contributed by atoms with Crippen LogP contribution in [0.3, 0.4) is 0 Å². The predicted molar refractivity (Wildman–Crippen MR) is 61.8 cm³/mol. The van der Waals surface area contributed by atoms with Crippen LogP contribution in [0.4, 0.5) is 0 Å². The van der Waals surface area contributed by atoms with Gasteiger partial charge in [0.2, 0.25) is 5.91 Å². The maximum absolute atomic E-state index is 11.9. The van der Waals surface area contributed by atoms with Crippen molar-refractivity contribution in [2.75, 3.05) is 13.1 Å². The fourth-order valence-corrected chi connectivity index (χ4v) is 2.43. The number of carbonyl (C=O) groups excluding carboxylic acids is 1. The molecule has 1 heterocycles. The second-order valence-corrected chi connectivity index (χ2v) is 5.32. The van der Waals surface area contributed by atoms with Crippen LogP contribution in [0.25, 0.3) is 0 Å². The summed E-state index contributed by atoms with van der Waals surface area (Å²) in [4.78, 5) is 13.6. The molecule has 0 aromatic heterocycles. The quantitative estimate of drug-likeness (QED) is 0.717. The van der Waals surface area contributed by atoms with Gasteiger partial charge < -0.3 is 15.7 Å². The maximum Gasteiger partial charge on any atom is 0.239 e. The monoisotopic (exact) mass is 226 g/mol. The summed E-state index contributed by atoms with van der Waals surface area (Å²) in [7, 11) is 0. The van der Waals surface area contributed by atoms with Crippen LogP contribution in [-0.4, -0.2) is 40.6 Å². The van der Waals surface area contributed by atoms with E-state index < -0.39 is 5.60 Å². The molecule has 0 aromatic carbocycles. The van der Waals surface area contributed by atoms with E-state index in [1.807, 2.05) is 0 Å². The average Bonchev–Trinajstić information content (AvgIpc) is 3.04. The van der Waals surface area contributed by atoms with Gasteiger partial charge >= 0.3 is 0 Å². The average molecular weight is 226 g/mol. The smallest absolute Gasteiger partial charge is 0.239 e. The van der Waals surface area contributed by atoms with Crippen molar-refractivity contribution in [1.29, 1.82) is 0 Å². The van der Waals surface area contributed by atoms with Gasteiger partial charge in [0, 0.05) is 0 Å². The Morgan fingerprint density at radius 1 is 1.56 bits per heavy atom. The first kappa shape index (κ1) is 11.9. The minimum atomic E-state index is -0.583. The standard InChI is InChI=1S/C12H22N2O2/c1-2-3-4-10(13)11(15)14-7-12(16,8-14)9-5-6-9/h9-10,16H,2-8,13H2,1H3/t10-/m0/s1. The summed E-state index contributed by atoms with van der Waals surface area (Å²) >= 11 is 0. The second kappa shape index (κ2) is 4.34. The lowest BCUT2D eigenvalue weighted by molar-refractivity contribution is -0.160. The lowest BCUT2D eigenvalue weighted by Gasteiger charge is -2.47. The molecule has 1 amide bonds. The van der Waals surface area contributed by atoms with E-state index in [0.29, 0.717) is 19.0 Å². The van der Waals surface area contributed by atoms with Gasteiger partial charge in [-0.2, -0.15) is 0 Å². The van der Waals surface area contributed by atoms with Gasteiger partial charge in [-0.25, -0.2) is 0 Å². The zero-order valence-corrected chi connectivity index (χ0v) is 9.98. The van der Waals surface area contributed by atoms with E-state index in [4.69, 9.17) is 5.73 Å². The van der Waals surface area contributed by atoms with Crippen molar-refractivity contribution in [3.63, 3.8) is 0 Å². The molecule has 2 aliphatic rings. The molecule has 1 saturated heterocycles. The van der Waals surface area contributed by atoms with E-state index in [1.165, 1.54) is 0 Å². The molecule has 0 unspecified atom stereocenters. The molecule has 4 nitrogen and oxygen atoms in total. The lowest BCUT2D eigenvalue weighted by atomic mass is 9.88. The first-order valence-corrected chi connectivity index (χ1v) is 6.33. The highest BCUT2D eigenvalue weighted by atomic mass is 16.3. The molecule has 0 radical (unpaired) electrons. The Balaban J connectivity index is 1.75. The summed E-state index contributed by atoms with van der Waals surface area (Å²) in [6, 6.07) is -0.372. The summed E-state index contributed by atoms with van der Waals surface area (Å²) in [5.41, 5.74) is 5.24. The predicted octanol–water partition coefficient (Wildman–Crippen LogP) is 0.487. The number of hydrogen-bond donors (Lipinski definition) is 2. The number of aliphatic hydroxyl groups is 1. The van der Waals surface area contributed by atoms with Crippen LogP contribution in [0.2, 0.25) is 0 Å². The topological polar surface area (TPSA) is 66.6 Å².